The average Bonchev–Trinajstić information content (AvgIpc) is 2.47. The summed E-state index contributed by atoms with van der Waals surface area (Å²) in [5.74, 6) is -0.355. The quantitative estimate of drug-likeness (QED) is 0.298. The van der Waals surface area contributed by atoms with Gasteiger partial charge in [-0.3, -0.25) is 9.59 Å². The molecule has 0 radical (unpaired) electrons. The molecule has 0 heterocycles. The maximum Gasteiger partial charge on any atom is 0.234 e. The zero-order valence-corrected chi connectivity index (χ0v) is 13.0. The van der Waals surface area contributed by atoms with Crippen LogP contribution in [0, 0.1) is 0 Å². The van der Waals surface area contributed by atoms with Crippen LogP contribution in [0.15, 0.2) is 0 Å². The van der Waals surface area contributed by atoms with Gasteiger partial charge in [-0.1, -0.05) is 0 Å². The van der Waals surface area contributed by atoms with Crippen molar-refractivity contribution in [2.24, 2.45) is 0 Å². The Kier molecular flexibility index (Phi) is 14.4. The standard InChI is InChI=1S/C12H22Cl2N2O4/c13-8-11(17)15-4-1-2-6-19-10-20-7-3-5-16-12(18)9-14/h1-10H2,(H,15,17)(H,16,18). The summed E-state index contributed by atoms with van der Waals surface area (Å²) in [5, 5.41) is 5.31. The zero-order valence-electron chi connectivity index (χ0n) is 11.5. The first kappa shape index (κ1) is 19.4. The molecule has 20 heavy (non-hydrogen) atoms. The highest BCUT2D eigenvalue weighted by molar-refractivity contribution is 6.27. The monoisotopic (exact) mass is 328 g/mol. The van der Waals surface area contributed by atoms with Crippen molar-refractivity contribution >= 4 is 35.0 Å². The van der Waals surface area contributed by atoms with Crippen LogP contribution in [-0.4, -0.2) is 56.7 Å². The number of rotatable bonds is 13. The van der Waals surface area contributed by atoms with Crippen LogP contribution in [0.3, 0.4) is 0 Å². The minimum absolute atomic E-state index is 0.00428. The third-order valence-corrected chi connectivity index (χ3v) is 2.72. The summed E-state index contributed by atoms with van der Waals surface area (Å²) in [6, 6.07) is 0. The molecule has 0 aliphatic rings. The second-order valence-electron chi connectivity index (χ2n) is 3.96. The van der Waals surface area contributed by atoms with E-state index in [0.29, 0.717) is 26.3 Å². The van der Waals surface area contributed by atoms with E-state index >= 15 is 0 Å². The number of halogens is 2. The van der Waals surface area contributed by atoms with E-state index in [0.717, 1.165) is 19.3 Å². The number of carbonyl (C=O) groups is 2. The molecule has 0 atom stereocenters. The molecule has 0 aliphatic heterocycles. The molecule has 2 amide bonds. The molecule has 0 aliphatic carbocycles. The van der Waals surface area contributed by atoms with Gasteiger partial charge in [-0.25, -0.2) is 0 Å². The zero-order chi connectivity index (χ0) is 15.1. The average molecular weight is 329 g/mol. The Balaban J connectivity index is 3.06. The van der Waals surface area contributed by atoms with Gasteiger partial charge >= 0.3 is 0 Å². The molecule has 0 rings (SSSR count). The first-order valence-corrected chi connectivity index (χ1v) is 7.58. The van der Waals surface area contributed by atoms with E-state index in [1.807, 2.05) is 0 Å². The molecule has 0 fully saturated rings. The van der Waals surface area contributed by atoms with Crippen LogP contribution in [0.4, 0.5) is 0 Å². The fourth-order valence-electron chi connectivity index (χ4n) is 1.23. The van der Waals surface area contributed by atoms with Crippen molar-refractivity contribution in [2.45, 2.75) is 19.3 Å². The lowest BCUT2D eigenvalue weighted by atomic mass is 10.3. The number of hydrogen-bond donors (Lipinski definition) is 2. The molecule has 118 valence electrons. The van der Waals surface area contributed by atoms with Crippen LogP contribution in [0.5, 0.6) is 0 Å². The number of unbranched alkanes of at least 4 members (excludes halogenated alkanes) is 1. The molecule has 0 unspecified atom stereocenters. The van der Waals surface area contributed by atoms with Crippen molar-refractivity contribution in [1.82, 2.24) is 10.6 Å². The van der Waals surface area contributed by atoms with Crippen molar-refractivity contribution < 1.29 is 19.1 Å². The van der Waals surface area contributed by atoms with Crippen molar-refractivity contribution in [3.8, 4) is 0 Å². The minimum Gasteiger partial charge on any atom is -0.355 e. The summed E-state index contributed by atoms with van der Waals surface area (Å²) in [4.78, 5) is 21.6. The molecule has 0 bridgehead atoms. The molecule has 8 heteroatoms. The molecular weight excluding hydrogens is 307 g/mol. The summed E-state index contributed by atoms with van der Waals surface area (Å²) in [6.45, 7) is 2.49. The van der Waals surface area contributed by atoms with E-state index in [1.54, 1.807) is 0 Å². The van der Waals surface area contributed by atoms with Gasteiger partial charge in [-0.15, -0.1) is 23.2 Å². The third kappa shape index (κ3) is 13.9. The van der Waals surface area contributed by atoms with Crippen LogP contribution in [0.1, 0.15) is 19.3 Å². The van der Waals surface area contributed by atoms with E-state index in [-0.39, 0.29) is 30.4 Å². The molecule has 0 spiro atoms. The molecule has 0 aromatic carbocycles. The number of alkyl halides is 2. The Morgan fingerprint density at radius 2 is 1.30 bits per heavy atom. The fraction of sp³-hybridized carbons (Fsp3) is 0.833. The van der Waals surface area contributed by atoms with Gasteiger partial charge in [-0.05, 0) is 19.3 Å². The van der Waals surface area contributed by atoms with Crippen molar-refractivity contribution in [2.75, 3.05) is 44.9 Å². The number of nitrogens with one attached hydrogen (secondary N) is 2. The van der Waals surface area contributed by atoms with E-state index in [1.165, 1.54) is 0 Å². The Labute approximate surface area is 129 Å². The summed E-state index contributed by atoms with van der Waals surface area (Å²) in [6.07, 6.45) is 2.40. The lowest BCUT2D eigenvalue weighted by molar-refractivity contribution is -0.119. The number of amides is 2. The molecule has 2 N–H and O–H groups in total. The topological polar surface area (TPSA) is 76.7 Å². The van der Waals surface area contributed by atoms with E-state index in [4.69, 9.17) is 32.7 Å². The lowest BCUT2D eigenvalue weighted by Gasteiger charge is -2.07. The molecule has 0 saturated carbocycles. The molecule has 6 nitrogen and oxygen atoms in total. The normalized spacial score (nSPS) is 10.3. The van der Waals surface area contributed by atoms with Gasteiger partial charge in [0, 0.05) is 19.7 Å². The van der Waals surface area contributed by atoms with Gasteiger partial charge in [-0.2, -0.15) is 0 Å². The molecular formula is C12H22Cl2N2O4. The third-order valence-electron chi connectivity index (χ3n) is 2.23. The van der Waals surface area contributed by atoms with E-state index < -0.39 is 0 Å². The highest BCUT2D eigenvalue weighted by atomic mass is 35.5. The van der Waals surface area contributed by atoms with Crippen LogP contribution in [0.2, 0.25) is 0 Å². The van der Waals surface area contributed by atoms with Gasteiger partial charge < -0.3 is 20.1 Å². The second-order valence-corrected chi connectivity index (χ2v) is 4.50. The first-order chi connectivity index (χ1) is 9.70. The van der Waals surface area contributed by atoms with Crippen LogP contribution in [-0.2, 0) is 19.1 Å². The SMILES string of the molecule is O=C(CCl)NCCCCOCOCCCNC(=O)CCl. The van der Waals surface area contributed by atoms with Crippen LogP contribution < -0.4 is 10.6 Å². The van der Waals surface area contributed by atoms with Gasteiger partial charge in [0.1, 0.15) is 18.6 Å². The van der Waals surface area contributed by atoms with Gasteiger partial charge in [0.25, 0.3) is 0 Å². The van der Waals surface area contributed by atoms with Gasteiger partial charge in [0.2, 0.25) is 11.8 Å². The van der Waals surface area contributed by atoms with Crippen molar-refractivity contribution in [3.05, 3.63) is 0 Å². The second kappa shape index (κ2) is 14.8. The van der Waals surface area contributed by atoms with E-state index in [9.17, 15) is 9.59 Å². The van der Waals surface area contributed by atoms with Gasteiger partial charge in [0.15, 0.2) is 0 Å². The molecule has 0 saturated heterocycles. The fourth-order valence-corrected chi connectivity index (χ4v) is 1.42. The Hall–Kier alpha value is -0.560. The van der Waals surface area contributed by atoms with Crippen LogP contribution >= 0.6 is 23.2 Å². The largest absolute Gasteiger partial charge is 0.355 e. The van der Waals surface area contributed by atoms with Crippen LogP contribution in [0.25, 0.3) is 0 Å². The summed E-state index contributed by atoms with van der Waals surface area (Å²) >= 11 is 10.6. The Morgan fingerprint density at radius 1 is 0.800 bits per heavy atom. The minimum atomic E-state index is -0.177. The number of carbonyl (C=O) groups excluding carboxylic acids is 2. The Bertz CT molecular complexity index is 242. The predicted molar refractivity (Wildman–Crippen MR) is 78.1 cm³/mol. The Morgan fingerprint density at radius 3 is 1.85 bits per heavy atom. The molecule has 0 aromatic heterocycles. The summed E-state index contributed by atoms with van der Waals surface area (Å²) in [5.41, 5.74) is 0. The summed E-state index contributed by atoms with van der Waals surface area (Å²) in [7, 11) is 0. The lowest BCUT2D eigenvalue weighted by Crippen LogP contribution is -2.26. The summed E-state index contributed by atoms with van der Waals surface area (Å²) < 4.78 is 10.5. The maximum absolute atomic E-state index is 10.8. The van der Waals surface area contributed by atoms with E-state index in [2.05, 4.69) is 10.6 Å². The maximum atomic E-state index is 10.8. The number of ether oxygens (including phenoxy) is 2. The first-order valence-electron chi connectivity index (χ1n) is 6.51. The number of hydrogen-bond acceptors (Lipinski definition) is 4. The van der Waals surface area contributed by atoms with Crippen molar-refractivity contribution in [1.29, 1.82) is 0 Å². The predicted octanol–water partition coefficient (Wildman–Crippen LogP) is 0.857. The highest BCUT2D eigenvalue weighted by Gasteiger charge is 1.97. The molecule has 0 aromatic rings. The highest BCUT2D eigenvalue weighted by Crippen LogP contribution is 1.90. The van der Waals surface area contributed by atoms with Crippen molar-refractivity contribution in [3.63, 3.8) is 0 Å². The van der Waals surface area contributed by atoms with Gasteiger partial charge in [0.05, 0.1) is 6.61 Å². The smallest absolute Gasteiger partial charge is 0.234 e.